The Hall–Kier alpha value is -2.22. The number of benzene rings is 1. The highest BCUT2D eigenvalue weighted by molar-refractivity contribution is 9.10. The van der Waals surface area contributed by atoms with Crippen LogP contribution in [0.5, 0.6) is 0 Å². The monoisotopic (exact) mass is 442 g/mol. The smallest absolute Gasteiger partial charge is 0.170 e. The highest BCUT2D eigenvalue weighted by Crippen LogP contribution is 2.39. The third kappa shape index (κ3) is 3.50. The first-order chi connectivity index (χ1) is 13.2. The van der Waals surface area contributed by atoms with Crippen LogP contribution < -0.4 is 5.32 Å². The number of rotatable bonds is 5. The summed E-state index contributed by atoms with van der Waals surface area (Å²) in [6, 6.07) is 18.0. The fraction of sp³-hybridized carbons (Fsp3) is 0.200. The molecule has 3 heterocycles. The zero-order valence-electron chi connectivity index (χ0n) is 14.5. The van der Waals surface area contributed by atoms with E-state index < -0.39 is 0 Å². The third-order valence-electron chi connectivity index (χ3n) is 4.71. The molecule has 4 rings (SSSR count). The zero-order valence-corrected chi connectivity index (χ0v) is 16.9. The minimum atomic E-state index is -0.0916. The van der Waals surface area contributed by atoms with E-state index in [1.54, 1.807) is 6.20 Å². The quantitative estimate of drug-likeness (QED) is 0.591. The average molecular weight is 443 g/mol. The predicted octanol–water partition coefficient (Wildman–Crippen LogP) is 3.60. The van der Waals surface area contributed by atoms with Crippen molar-refractivity contribution in [3.63, 3.8) is 0 Å². The molecule has 27 heavy (non-hydrogen) atoms. The van der Waals surface area contributed by atoms with Gasteiger partial charge in [0, 0.05) is 34.8 Å². The van der Waals surface area contributed by atoms with Crippen LogP contribution in [0.1, 0.15) is 23.5 Å². The molecule has 0 saturated carbocycles. The highest BCUT2D eigenvalue weighted by Gasteiger charge is 2.40. The molecule has 0 bridgehead atoms. The van der Waals surface area contributed by atoms with Gasteiger partial charge in [0.25, 0.3) is 0 Å². The molecule has 2 atom stereocenters. The number of β-amino-alcohol motifs (C(OH)–C–C–N with tert-alkyl or cyclic N) is 1. The fourth-order valence-corrected chi connectivity index (χ4v) is 4.29. The van der Waals surface area contributed by atoms with Crippen molar-refractivity contribution in [3.05, 3.63) is 82.9 Å². The van der Waals surface area contributed by atoms with Gasteiger partial charge in [-0.05, 0) is 54.7 Å². The van der Waals surface area contributed by atoms with Crippen molar-refractivity contribution >= 4 is 33.3 Å². The molecule has 5 nitrogen and oxygen atoms in total. The molecule has 1 aliphatic heterocycles. The first-order valence-corrected chi connectivity index (χ1v) is 9.91. The highest BCUT2D eigenvalue weighted by atomic mass is 79.9. The van der Waals surface area contributed by atoms with E-state index >= 15 is 0 Å². The number of aromatic nitrogens is 2. The maximum Gasteiger partial charge on any atom is 0.170 e. The molecule has 0 amide bonds. The van der Waals surface area contributed by atoms with Crippen molar-refractivity contribution in [2.75, 3.05) is 13.2 Å². The summed E-state index contributed by atoms with van der Waals surface area (Å²) in [5, 5.41) is 13.6. The third-order valence-corrected chi connectivity index (χ3v) is 5.55. The summed E-state index contributed by atoms with van der Waals surface area (Å²) in [6.45, 7) is 0.494. The first kappa shape index (κ1) is 18.2. The first-order valence-electron chi connectivity index (χ1n) is 8.71. The second-order valence-corrected chi connectivity index (χ2v) is 7.63. The van der Waals surface area contributed by atoms with Gasteiger partial charge < -0.3 is 19.9 Å². The lowest BCUT2D eigenvalue weighted by atomic mass is 10.0. The Kier molecular flexibility index (Phi) is 5.24. The Labute approximate surface area is 171 Å². The normalized spacial score (nSPS) is 19.3. The van der Waals surface area contributed by atoms with Gasteiger partial charge in [0.1, 0.15) is 0 Å². The molecule has 138 valence electrons. The Morgan fingerprint density at radius 3 is 2.78 bits per heavy atom. The van der Waals surface area contributed by atoms with Crippen molar-refractivity contribution < 1.29 is 5.11 Å². The number of thiocarbonyl (C=S) groups is 1. The van der Waals surface area contributed by atoms with Crippen LogP contribution in [0.25, 0.3) is 5.69 Å². The SMILES string of the molecule is OCCN1C(=S)NC(c2ccccn2)C1c1cccn1-c1cccc(Br)c1. The van der Waals surface area contributed by atoms with Crippen LogP contribution in [-0.4, -0.2) is 37.8 Å². The van der Waals surface area contributed by atoms with Crippen LogP contribution in [0.15, 0.2) is 71.5 Å². The Morgan fingerprint density at radius 2 is 2.04 bits per heavy atom. The average Bonchev–Trinajstić information content (AvgIpc) is 3.28. The molecule has 1 saturated heterocycles. The van der Waals surface area contributed by atoms with Gasteiger partial charge in [-0.2, -0.15) is 0 Å². The lowest BCUT2D eigenvalue weighted by molar-refractivity contribution is 0.220. The summed E-state index contributed by atoms with van der Waals surface area (Å²) >= 11 is 9.12. The predicted molar refractivity (Wildman–Crippen MR) is 113 cm³/mol. The van der Waals surface area contributed by atoms with E-state index in [4.69, 9.17) is 12.2 Å². The summed E-state index contributed by atoms with van der Waals surface area (Å²) in [5.41, 5.74) is 3.07. The van der Waals surface area contributed by atoms with Gasteiger partial charge in [-0.25, -0.2) is 0 Å². The summed E-state index contributed by atoms with van der Waals surface area (Å²) in [6.07, 6.45) is 3.84. The van der Waals surface area contributed by atoms with E-state index in [0.29, 0.717) is 11.7 Å². The van der Waals surface area contributed by atoms with Crippen LogP contribution in [0.2, 0.25) is 0 Å². The Balaban J connectivity index is 1.81. The Bertz CT molecular complexity index is 946. The molecular formula is C20H19BrN4OS. The van der Waals surface area contributed by atoms with Crippen molar-refractivity contribution in [1.82, 2.24) is 19.8 Å². The molecule has 1 fully saturated rings. The minimum Gasteiger partial charge on any atom is -0.395 e. The molecule has 0 spiro atoms. The topological polar surface area (TPSA) is 53.3 Å². The number of halogens is 1. The van der Waals surface area contributed by atoms with E-state index in [9.17, 15) is 5.11 Å². The molecule has 2 aromatic heterocycles. The maximum absolute atomic E-state index is 9.58. The van der Waals surface area contributed by atoms with E-state index in [-0.39, 0.29) is 18.7 Å². The molecule has 2 unspecified atom stereocenters. The van der Waals surface area contributed by atoms with Gasteiger partial charge in [0.15, 0.2) is 5.11 Å². The fourth-order valence-electron chi connectivity index (χ4n) is 3.57. The van der Waals surface area contributed by atoms with Crippen LogP contribution in [-0.2, 0) is 0 Å². The lowest BCUT2D eigenvalue weighted by Crippen LogP contribution is -2.32. The van der Waals surface area contributed by atoms with E-state index in [2.05, 4.69) is 49.0 Å². The van der Waals surface area contributed by atoms with Crippen LogP contribution >= 0.6 is 28.1 Å². The standard InChI is InChI=1S/C20H19BrN4OS/c21-14-5-3-6-15(13-14)24-10-4-8-17(24)19-18(16-7-1-2-9-22-16)23-20(27)25(19)11-12-26/h1-10,13,18-19,26H,11-12H2,(H,23,27). The van der Waals surface area contributed by atoms with Crippen LogP contribution in [0, 0.1) is 0 Å². The molecule has 1 aliphatic rings. The lowest BCUT2D eigenvalue weighted by Gasteiger charge is -2.28. The van der Waals surface area contributed by atoms with Gasteiger partial charge in [-0.1, -0.05) is 28.1 Å². The van der Waals surface area contributed by atoms with Gasteiger partial charge in [0.2, 0.25) is 0 Å². The van der Waals surface area contributed by atoms with Crippen molar-refractivity contribution in [2.24, 2.45) is 0 Å². The number of aliphatic hydroxyl groups excluding tert-OH is 1. The summed E-state index contributed by atoms with van der Waals surface area (Å²) < 4.78 is 3.18. The zero-order chi connectivity index (χ0) is 18.8. The van der Waals surface area contributed by atoms with E-state index in [1.807, 2.05) is 47.5 Å². The number of hydrogen-bond donors (Lipinski definition) is 2. The minimum absolute atomic E-state index is 0.0326. The van der Waals surface area contributed by atoms with E-state index in [1.165, 1.54) is 0 Å². The van der Waals surface area contributed by atoms with Gasteiger partial charge in [0.05, 0.1) is 24.4 Å². The largest absolute Gasteiger partial charge is 0.395 e. The van der Waals surface area contributed by atoms with Crippen molar-refractivity contribution in [3.8, 4) is 5.69 Å². The molecule has 2 N–H and O–H groups in total. The maximum atomic E-state index is 9.58. The number of nitrogens with one attached hydrogen (secondary N) is 1. The van der Waals surface area contributed by atoms with Crippen molar-refractivity contribution in [2.45, 2.75) is 12.1 Å². The molecule has 1 aromatic carbocycles. The summed E-state index contributed by atoms with van der Waals surface area (Å²) in [4.78, 5) is 6.58. The van der Waals surface area contributed by atoms with Crippen LogP contribution in [0.3, 0.4) is 0 Å². The van der Waals surface area contributed by atoms with Gasteiger partial charge in [-0.15, -0.1) is 0 Å². The van der Waals surface area contributed by atoms with Crippen molar-refractivity contribution in [1.29, 1.82) is 0 Å². The molecular weight excluding hydrogens is 424 g/mol. The summed E-state index contributed by atoms with van der Waals surface area (Å²) in [7, 11) is 0. The molecule has 0 radical (unpaired) electrons. The van der Waals surface area contributed by atoms with Gasteiger partial charge >= 0.3 is 0 Å². The molecule has 7 heteroatoms. The second-order valence-electron chi connectivity index (χ2n) is 6.33. The molecule has 0 aliphatic carbocycles. The number of pyridine rings is 1. The van der Waals surface area contributed by atoms with E-state index in [0.717, 1.165) is 21.5 Å². The number of hydrogen-bond acceptors (Lipinski definition) is 3. The van der Waals surface area contributed by atoms with Crippen LogP contribution in [0.4, 0.5) is 0 Å². The second kappa shape index (κ2) is 7.80. The number of nitrogens with zero attached hydrogens (tertiary/aromatic N) is 3. The summed E-state index contributed by atoms with van der Waals surface area (Å²) in [5.74, 6) is 0. The van der Waals surface area contributed by atoms with Gasteiger partial charge in [-0.3, -0.25) is 4.98 Å². The Morgan fingerprint density at radius 1 is 1.15 bits per heavy atom. The molecule has 3 aromatic rings. The number of aliphatic hydroxyl groups is 1.